The number of carbonyl (C=O) groups is 1. The van der Waals surface area contributed by atoms with Crippen LogP contribution in [-0.2, 0) is 6.54 Å². The van der Waals surface area contributed by atoms with E-state index in [0.717, 1.165) is 22.2 Å². The molecule has 2 aromatic carbocycles. The predicted molar refractivity (Wildman–Crippen MR) is 80.6 cm³/mol. The van der Waals surface area contributed by atoms with Gasteiger partial charge in [0, 0.05) is 18.5 Å². The van der Waals surface area contributed by atoms with Gasteiger partial charge in [0.05, 0.1) is 5.02 Å². The summed E-state index contributed by atoms with van der Waals surface area (Å²) >= 11 is 7.19. The number of hydrogen-bond acceptors (Lipinski definition) is 2. The minimum absolute atomic E-state index is 0.0167. The summed E-state index contributed by atoms with van der Waals surface area (Å²) in [6.07, 6.45) is 0. The number of rotatable bonds is 3. The monoisotopic (exact) mass is 291 g/mol. The summed E-state index contributed by atoms with van der Waals surface area (Å²) in [6.45, 7) is 0.594. The van der Waals surface area contributed by atoms with Gasteiger partial charge in [-0.3, -0.25) is 4.79 Å². The third-order valence-electron chi connectivity index (χ3n) is 2.61. The van der Waals surface area contributed by atoms with Crippen molar-refractivity contribution in [3.8, 4) is 0 Å². The largest absolute Gasteiger partial charge is 0.332 e. The summed E-state index contributed by atoms with van der Waals surface area (Å²) in [4.78, 5) is 14.6. The molecule has 19 heavy (non-hydrogen) atoms. The van der Waals surface area contributed by atoms with E-state index in [1.54, 1.807) is 18.0 Å². The van der Waals surface area contributed by atoms with Crippen LogP contribution in [0.1, 0.15) is 5.56 Å². The molecule has 0 aliphatic carbocycles. The van der Waals surface area contributed by atoms with Gasteiger partial charge in [-0.2, -0.15) is 0 Å². The first-order valence-electron chi connectivity index (χ1n) is 5.88. The van der Waals surface area contributed by atoms with Gasteiger partial charge in [0.2, 0.25) is 0 Å². The number of benzene rings is 2. The van der Waals surface area contributed by atoms with Crippen molar-refractivity contribution in [1.29, 1.82) is 0 Å². The van der Waals surface area contributed by atoms with Gasteiger partial charge >= 0.3 is 0 Å². The van der Waals surface area contributed by atoms with Crippen molar-refractivity contribution >= 4 is 28.6 Å². The van der Waals surface area contributed by atoms with Crippen LogP contribution in [0.25, 0.3) is 0 Å². The van der Waals surface area contributed by atoms with E-state index in [4.69, 9.17) is 11.6 Å². The zero-order valence-electron chi connectivity index (χ0n) is 10.5. The van der Waals surface area contributed by atoms with Crippen molar-refractivity contribution in [3.05, 3.63) is 65.2 Å². The Morgan fingerprint density at radius 1 is 1.11 bits per heavy atom. The lowest BCUT2D eigenvalue weighted by atomic mass is 10.2. The zero-order valence-corrected chi connectivity index (χ0v) is 12.1. The van der Waals surface area contributed by atoms with Crippen molar-refractivity contribution < 1.29 is 4.79 Å². The summed E-state index contributed by atoms with van der Waals surface area (Å²) < 4.78 is 0. The highest BCUT2D eigenvalue weighted by molar-refractivity contribution is 8.13. The standard InChI is InChI=1S/C15H14ClNOS/c1-17(11-12-7-3-2-4-8-12)15(18)19-14-10-6-5-9-13(14)16/h2-10H,11H2,1H3. The molecule has 2 nitrogen and oxygen atoms in total. The molecule has 2 aromatic rings. The third-order valence-corrected chi connectivity index (χ3v) is 4.11. The summed E-state index contributed by atoms with van der Waals surface area (Å²) in [5, 5.41) is 0.589. The van der Waals surface area contributed by atoms with E-state index in [-0.39, 0.29) is 5.24 Å². The molecule has 0 N–H and O–H groups in total. The van der Waals surface area contributed by atoms with Gasteiger partial charge in [0.1, 0.15) is 0 Å². The lowest BCUT2D eigenvalue weighted by molar-refractivity contribution is 0.232. The minimum Gasteiger partial charge on any atom is -0.332 e. The van der Waals surface area contributed by atoms with Crippen LogP contribution < -0.4 is 0 Å². The Labute approximate surface area is 122 Å². The molecule has 0 saturated carbocycles. The maximum atomic E-state index is 12.1. The molecule has 4 heteroatoms. The molecule has 0 atom stereocenters. The summed E-state index contributed by atoms with van der Waals surface area (Å²) in [5.74, 6) is 0. The number of halogens is 1. The summed E-state index contributed by atoms with van der Waals surface area (Å²) in [6, 6.07) is 17.3. The van der Waals surface area contributed by atoms with Crippen LogP contribution in [0, 0.1) is 0 Å². The Hall–Kier alpha value is -1.45. The van der Waals surface area contributed by atoms with Crippen molar-refractivity contribution in [2.24, 2.45) is 0 Å². The zero-order chi connectivity index (χ0) is 13.7. The lowest BCUT2D eigenvalue weighted by Gasteiger charge is -2.16. The second kappa shape index (κ2) is 6.64. The maximum Gasteiger partial charge on any atom is 0.286 e. The third kappa shape index (κ3) is 4.01. The molecule has 0 radical (unpaired) electrons. The molecule has 98 valence electrons. The highest BCUT2D eigenvalue weighted by Crippen LogP contribution is 2.28. The van der Waals surface area contributed by atoms with Gasteiger partial charge in [-0.15, -0.1) is 0 Å². The SMILES string of the molecule is CN(Cc1ccccc1)C(=O)Sc1ccccc1Cl. The fourth-order valence-electron chi connectivity index (χ4n) is 1.62. The molecule has 0 fully saturated rings. The smallest absolute Gasteiger partial charge is 0.286 e. The van der Waals surface area contributed by atoms with Crippen LogP contribution in [0.15, 0.2) is 59.5 Å². The highest BCUT2D eigenvalue weighted by atomic mass is 35.5. The van der Waals surface area contributed by atoms with Gasteiger partial charge in [-0.05, 0) is 29.5 Å². The molecule has 0 unspecified atom stereocenters. The molecule has 0 aliphatic heterocycles. The van der Waals surface area contributed by atoms with Crippen LogP contribution in [0.4, 0.5) is 4.79 Å². The van der Waals surface area contributed by atoms with E-state index in [0.29, 0.717) is 11.6 Å². The first kappa shape index (κ1) is 14.0. The van der Waals surface area contributed by atoms with Crippen LogP contribution in [0.3, 0.4) is 0 Å². The quantitative estimate of drug-likeness (QED) is 0.765. The summed E-state index contributed by atoms with van der Waals surface area (Å²) in [7, 11) is 1.79. The van der Waals surface area contributed by atoms with Crippen molar-refractivity contribution in [2.45, 2.75) is 11.4 Å². The average molecular weight is 292 g/mol. The van der Waals surface area contributed by atoms with E-state index < -0.39 is 0 Å². The first-order chi connectivity index (χ1) is 9.16. The molecule has 0 aliphatic rings. The molecular formula is C15H14ClNOS. The van der Waals surface area contributed by atoms with Crippen molar-refractivity contribution in [1.82, 2.24) is 4.90 Å². The van der Waals surface area contributed by atoms with E-state index in [1.807, 2.05) is 48.5 Å². The first-order valence-corrected chi connectivity index (χ1v) is 7.07. The Balaban J connectivity index is 1.99. The minimum atomic E-state index is -0.0167. The molecule has 0 saturated heterocycles. The van der Waals surface area contributed by atoms with Gasteiger partial charge in [0.15, 0.2) is 0 Å². The van der Waals surface area contributed by atoms with E-state index in [2.05, 4.69) is 0 Å². The number of nitrogens with zero attached hydrogens (tertiary/aromatic N) is 1. The molecule has 0 spiro atoms. The Kier molecular flexibility index (Phi) is 4.88. The second-order valence-electron chi connectivity index (χ2n) is 4.14. The van der Waals surface area contributed by atoms with Crippen molar-refractivity contribution in [2.75, 3.05) is 7.05 Å². The predicted octanol–water partition coefficient (Wildman–Crippen LogP) is 4.68. The number of hydrogen-bond donors (Lipinski definition) is 0. The van der Waals surface area contributed by atoms with E-state index >= 15 is 0 Å². The molecule has 1 amide bonds. The van der Waals surface area contributed by atoms with Crippen LogP contribution in [0.5, 0.6) is 0 Å². The van der Waals surface area contributed by atoms with Crippen molar-refractivity contribution in [3.63, 3.8) is 0 Å². The maximum absolute atomic E-state index is 12.1. The highest BCUT2D eigenvalue weighted by Gasteiger charge is 2.12. The van der Waals surface area contributed by atoms with E-state index in [1.165, 1.54) is 0 Å². The van der Waals surface area contributed by atoms with Gasteiger partial charge in [-0.1, -0.05) is 54.1 Å². The fraction of sp³-hybridized carbons (Fsp3) is 0.133. The van der Waals surface area contributed by atoms with Crippen LogP contribution >= 0.6 is 23.4 Å². The molecule has 0 bridgehead atoms. The second-order valence-corrected chi connectivity index (χ2v) is 5.54. The number of amides is 1. The van der Waals surface area contributed by atoms with Gasteiger partial charge in [0.25, 0.3) is 5.24 Å². The molecular weight excluding hydrogens is 278 g/mol. The Bertz CT molecular complexity index is 559. The number of carbonyl (C=O) groups excluding carboxylic acids is 1. The average Bonchev–Trinajstić information content (AvgIpc) is 2.42. The lowest BCUT2D eigenvalue weighted by Crippen LogP contribution is -2.21. The summed E-state index contributed by atoms with van der Waals surface area (Å²) in [5.41, 5.74) is 1.11. The fourth-order valence-corrected chi connectivity index (χ4v) is 2.59. The van der Waals surface area contributed by atoms with Gasteiger partial charge in [-0.25, -0.2) is 0 Å². The van der Waals surface area contributed by atoms with E-state index in [9.17, 15) is 4.79 Å². The topological polar surface area (TPSA) is 20.3 Å². The Morgan fingerprint density at radius 2 is 1.74 bits per heavy atom. The number of thioether (sulfide) groups is 1. The van der Waals surface area contributed by atoms with Gasteiger partial charge < -0.3 is 4.90 Å². The van der Waals surface area contributed by atoms with Crippen LogP contribution in [0.2, 0.25) is 5.02 Å². The normalized spacial score (nSPS) is 10.2. The molecule has 0 heterocycles. The Morgan fingerprint density at radius 3 is 2.42 bits per heavy atom. The molecule has 0 aromatic heterocycles. The van der Waals surface area contributed by atoms with Crippen LogP contribution in [-0.4, -0.2) is 17.2 Å². The molecule has 2 rings (SSSR count).